The first kappa shape index (κ1) is 36.3. The van der Waals surface area contributed by atoms with Crippen molar-refractivity contribution in [2.75, 3.05) is 6.54 Å². The fraction of sp³-hybridized carbons (Fsp3) is 0.421. The van der Waals surface area contributed by atoms with Crippen LogP contribution in [0.4, 0.5) is 4.79 Å². The van der Waals surface area contributed by atoms with E-state index in [1.165, 1.54) is 11.0 Å². The standard InChI is InChI=1S/C38H44N6O8/c1-6-23-18-38(23,35(49)50)42-32(46)26-17-24(39-33(47)28-20(2)52-43-29(28)21-12-8-7-9-13-21)19-44(26)36(51)41-31(37(3,4)5)34(48)40-30-25-15-11-10-14-22(25)16-27(30)45/h6-15,23-24,26-27,30-31,45H,1,16-19H2,2-5H3,(H,39,47)(H,40,48)(H,41,51)(H,42,46)(H,49,50)/t23?,24-,26+,27-,30?,31-,38-/m1/s1. The minimum absolute atomic E-state index is 0.0398. The zero-order valence-electron chi connectivity index (χ0n) is 29.5. The number of fused-ring (bicyclic) bond motifs is 1. The van der Waals surface area contributed by atoms with Crippen molar-refractivity contribution in [1.82, 2.24) is 31.3 Å². The normalized spacial score (nSPS) is 25.4. The monoisotopic (exact) mass is 712 g/mol. The number of likely N-dealkylation sites (tertiary alicyclic amines) is 1. The molecule has 2 unspecified atom stereocenters. The van der Waals surface area contributed by atoms with Gasteiger partial charge in [-0.15, -0.1) is 6.58 Å². The molecule has 274 valence electrons. The molecule has 52 heavy (non-hydrogen) atoms. The zero-order valence-corrected chi connectivity index (χ0v) is 29.5. The number of hydrogen-bond acceptors (Lipinski definition) is 8. The van der Waals surface area contributed by atoms with Crippen molar-refractivity contribution in [3.05, 3.63) is 89.7 Å². The van der Waals surface area contributed by atoms with Gasteiger partial charge in [0.05, 0.1) is 12.1 Å². The summed E-state index contributed by atoms with van der Waals surface area (Å²) in [4.78, 5) is 69.0. The van der Waals surface area contributed by atoms with E-state index in [-0.39, 0.29) is 30.7 Å². The maximum absolute atomic E-state index is 14.1. The molecular formula is C38H44N6O8. The van der Waals surface area contributed by atoms with Gasteiger partial charge >= 0.3 is 12.0 Å². The van der Waals surface area contributed by atoms with Gasteiger partial charge in [-0.2, -0.15) is 0 Å². The van der Waals surface area contributed by atoms with Crippen LogP contribution in [-0.2, 0) is 20.8 Å². The molecule has 6 N–H and O–H groups in total. The maximum atomic E-state index is 14.1. The van der Waals surface area contributed by atoms with Crippen LogP contribution in [-0.4, -0.2) is 86.3 Å². The molecule has 1 saturated carbocycles. The summed E-state index contributed by atoms with van der Waals surface area (Å²) >= 11 is 0. The Morgan fingerprint density at radius 1 is 1.06 bits per heavy atom. The highest BCUT2D eigenvalue weighted by molar-refractivity contribution is 6.01. The number of aliphatic hydroxyl groups is 1. The second-order valence-corrected chi connectivity index (χ2v) is 14.9. The molecule has 0 bridgehead atoms. The Morgan fingerprint density at radius 3 is 2.40 bits per heavy atom. The second-order valence-electron chi connectivity index (χ2n) is 14.9. The van der Waals surface area contributed by atoms with Crippen molar-refractivity contribution in [2.24, 2.45) is 11.3 Å². The van der Waals surface area contributed by atoms with Gasteiger partial charge in [-0.25, -0.2) is 9.59 Å². The first-order chi connectivity index (χ1) is 24.6. The highest BCUT2D eigenvalue weighted by atomic mass is 16.5. The van der Waals surface area contributed by atoms with Crippen LogP contribution >= 0.6 is 0 Å². The van der Waals surface area contributed by atoms with Gasteiger partial charge in [-0.1, -0.05) is 86.6 Å². The number of aryl methyl sites for hydroxylation is 1. The average Bonchev–Trinajstić information content (AvgIpc) is 3.31. The lowest BCUT2D eigenvalue weighted by Gasteiger charge is -2.34. The third-order valence-corrected chi connectivity index (χ3v) is 10.3. The molecule has 7 atom stereocenters. The van der Waals surface area contributed by atoms with Crippen LogP contribution in [0, 0.1) is 18.3 Å². The number of hydrogen-bond donors (Lipinski definition) is 6. The summed E-state index contributed by atoms with van der Waals surface area (Å²) in [7, 11) is 0. The SMILES string of the molecule is C=CC1C[C@]1(NC(=O)[C@@H]1C[C@@H](NC(=O)c2c(-c3ccccc3)noc2C)CN1C(=O)N[C@H](C(=O)NC1c2ccccc2C[C@H]1O)C(C)(C)C)C(=O)O. The lowest BCUT2D eigenvalue weighted by molar-refractivity contribution is -0.144. The summed E-state index contributed by atoms with van der Waals surface area (Å²) in [5.41, 5.74) is 0.535. The molecule has 2 aromatic carbocycles. The number of carboxylic acid groups (broad SMARTS) is 1. The molecule has 3 aromatic rings. The molecule has 14 nitrogen and oxygen atoms in total. The number of aliphatic hydroxyl groups excluding tert-OH is 1. The van der Waals surface area contributed by atoms with Crippen LogP contribution in [0.15, 0.2) is 71.8 Å². The van der Waals surface area contributed by atoms with Crippen molar-refractivity contribution in [3.63, 3.8) is 0 Å². The van der Waals surface area contributed by atoms with E-state index in [1.54, 1.807) is 52.0 Å². The van der Waals surface area contributed by atoms with E-state index in [2.05, 4.69) is 33.0 Å². The number of aromatic nitrogens is 1. The van der Waals surface area contributed by atoms with Gasteiger partial charge in [0.1, 0.15) is 34.6 Å². The smallest absolute Gasteiger partial charge is 0.330 e. The minimum atomic E-state index is -1.56. The number of urea groups is 1. The zero-order chi connectivity index (χ0) is 37.5. The fourth-order valence-corrected chi connectivity index (χ4v) is 7.29. The molecule has 0 radical (unpaired) electrons. The van der Waals surface area contributed by atoms with E-state index in [0.717, 1.165) is 11.1 Å². The van der Waals surface area contributed by atoms with E-state index >= 15 is 0 Å². The number of carbonyl (C=O) groups excluding carboxylic acids is 4. The van der Waals surface area contributed by atoms with Gasteiger partial charge in [0.15, 0.2) is 0 Å². The van der Waals surface area contributed by atoms with Gasteiger partial charge in [-0.3, -0.25) is 14.4 Å². The van der Waals surface area contributed by atoms with Crippen molar-refractivity contribution < 1.29 is 38.7 Å². The van der Waals surface area contributed by atoms with Gasteiger partial charge in [0.2, 0.25) is 11.8 Å². The molecule has 1 aromatic heterocycles. The molecular weight excluding hydrogens is 668 g/mol. The summed E-state index contributed by atoms with van der Waals surface area (Å²) in [6, 6.07) is 12.0. The largest absolute Gasteiger partial charge is 0.479 e. The van der Waals surface area contributed by atoms with Crippen LogP contribution in [0.1, 0.15) is 66.9 Å². The van der Waals surface area contributed by atoms with Gasteiger partial charge < -0.3 is 40.9 Å². The summed E-state index contributed by atoms with van der Waals surface area (Å²) in [6.07, 6.45) is 1.09. The van der Waals surface area contributed by atoms with Gasteiger partial charge in [0.25, 0.3) is 5.91 Å². The molecule has 0 spiro atoms. The lowest BCUT2D eigenvalue weighted by Crippen LogP contribution is -2.60. The number of rotatable bonds is 10. The number of aliphatic carboxylic acids is 1. The molecule has 2 fully saturated rings. The molecule has 14 heteroatoms. The van der Waals surface area contributed by atoms with Gasteiger partial charge in [0, 0.05) is 30.5 Å². The summed E-state index contributed by atoms with van der Waals surface area (Å²) < 4.78 is 5.36. The number of carbonyl (C=O) groups is 5. The Hall–Kier alpha value is -5.50. The van der Waals surface area contributed by atoms with Crippen molar-refractivity contribution in [3.8, 4) is 11.3 Å². The van der Waals surface area contributed by atoms with E-state index in [1.807, 2.05) is 30.3 Å². The highest BCUT2D eigenvalue weighted by Crippen LogP contribution is 2.45. The first-order valence-corrected chi connectivity index (χ1v) is 17.3. The van der Waals surface area contributed by atoms with E-state index < -0.39 is 76.9 Å². The van der Waals surface area contributed by atoms with Gasteiger partial charge in [-0.05, 0) is 36.3 Å². The molecule has 1 aliphatic heterocycles. The fourth-order valence-electron chi connectivity index (χ4n) is 7.29. The number of benzene rings is 2. The molecule has 3 aliphatic rings. The first-order valence-electron chi connectivity index (χ1n) is 17.3. The van der Waals surface area contributed by atoms with Crippen LogP contribution in [0.3, 0.4) is 0 Å². The number of nitrogens with one attached hydrogen (secondary N) is 4. The van der Waals surface area contributed by atoms with Crippen LogP contribution in [0.5, 0.6) is 0 Å². The van der Waals surface area contributed by atoms with Crippen LogP contribution in [0.2, 0.25) is 0 Å². The van der Waals surface area contributed by atoms with Crippen molar-refractivity contribution >= 4 is 29.7 Å². The summed E-state index contributed by atoms with van der Waals surface area (Å²) in [6.45, 7) is 10.5. The second kappa shape index (κ2) is 13.9. The van der Waals surface area contributed by atoms with E-state index in [0.29, 0.717) is 17.7 Å². The highest BCUT2D eigenvalue weighted by Gasteiger charge is 2.61. The predicted octanol–water partition coefficient (Wildman–Crippen LogP) is 2.87. The molecule has 2 heterocycles. The Kier molecular flexibility index (Phi) is 9.71. The van der Waals surface area contributed by atoms with Crippen molar-refractivity contribution in [2.45, 2.75) is 82.8 Å². The topological polar surface area (TPSA) is 203 Å². The third-order valence-electron chi connectivity index (χ3n) is 10.3. The van der Waals surface area contributed by atoms with E-state index in [9.17, 15) is 34.2 Å². The summed E-state index contributed by atoms with van der Waals surface area (Å²) in [5.74, 6) is -3.21. The minimum Gasteiger partial charge on any atom is -0.479 e. The maximum Gasteiger partial charge on any atom is 0.330 e. The Labute approximate surface area is 301 Å². The van der Waals surface area contributed by atoms with Crippen molar-refractivity contribution in [1.29, 1.82) is 0 Å². The summed E-state index contributed by atoms with van der Waals surface area (Å²) in [5, 5.41) is 36.1. The average molecular weight is 713 g/mol. The van der Waals surface area contributed by atoms with Crippen LogP contribution < -0.4 is 21.3 Å². The molecule has 1 saturated heterocycles. The van der Waals surface area contributed by atoms with E-state index in [4.69, 9.17) is 4.52 Å². The lowest BCUT2D eigenvalue weighted by atomic mass is 9.86. The number of carboxylic acids is 1. The molecule has 6 rings (SSSR count). The predicted molar refractivity (Wildman–Crippen MR) is 189 cm³/mol. The third kappa shape index (κ3) is 6.90. The Balaban J connectivity index is 1.24. The van der Waals surface area contributed by atoms with Crippen LogP contribution in [0.25, 0.3) is 11.3 Å². The Bertz CT molecular complexity index is 1900. The number of nitrogens with zero attached hydrogens (tertiary/aromatic N) is 2. The quantitative estimate of drug-likeness (QED) is 0.171. The Morgan fingerprint density at radius 2 is 1.75 bits per heavy atom. The molecule has 5 amide bonds. The molecule has 2 aliphatic carbocycles. The number of amides is 5.